The lowest BCUT2D eigenvalue weighted by molar-refractivity contribution is -0.140. The van der Waals surface area contributed by atoms with Crippen molar-refractivity contribution < 1.29 is 19.4 Å². The van der Waals surface area contributed by atoms with Gasteiger partial charge in [0.25, 0.3) is 0 Å². The van der Waals surface area contributed by atoms with E-state index in [-0.39, 0.29) is 41.4 Å². The third-order valence-electron chi connectivity index (χ3n) is 8.09. The number of phenolic OH excluding ortho intramolecular Hbond substituents is 1. The van der Waals surface area contributed by atoms with Gasteiger partial charge in [-0.3, -0.25) is 19.5 Å². The van der Waals surface area contributed by atoms with Gasteiger partial charge in [-0.2, -0.15) is 0 Å². The van der Waals surface area contributed by atoms with E-state index < -0.39 is 0 Å². The Morgan fingerprint density at radius 3 is 2.74 bits per heavy atom. The lowest BCUT2D eigenvalue weighted by Crippen LogP contribution is -2.34. The number of phenols is 1. The molecule has 0 bridgehead atoms. The molecular formula is C31H35BrN2O4. The number of carbonyl (C=O) groups excluding carboxylic acids is 2. The topological polar surface area (TPSA) is 79.7 Å². The number of allylic oxidation sites excluding steroid dienone is 2. The number of aromatic nitrogens is 1. The number of carbonyl (C=O) groups is 2. The number of hydrogen-bond acceptors (Lipinski definition) is 5. The van der Waals surface area contributed by atoms with E-state index in [9.17, 15) is 14.7 Å². The fraction of sp³-hybridized carbons (Fsp3) is 0.452. The molecule has 0 saturated carbocycles. The minimum absolute atomic E-state index is 0.00662. The van der Waals surface area contributed by atoms with Gasteiger partial charge in [0.15, 0.2) is 0 Å². The van der Waals surface area contributed by atoms with Crippen molar-refractivity contribution in [2.24, 2.45) is 17.8 Å². The highest BCUT2D eigenvalue weighted by Crippen LogP contribution is 2.51. The molecule has 7 heteroatoms. The molecular weight excluding hydrogens is 544 g/mol. The van der Waals surface area contributed by atoms with E-state index in [0.717, 1.165) is 47.0 Å². The molecule has 0 spiro atoms. The minimum Gasteiger partial charge on any atom is -0.507 e. The van der Waals surface area contributed by atoms with Crippen molar-refractivity contribution in [3.05, 3.63) is 69.5 Å². The predicted octanol–water partition coefficient (Wildman–Crippen LogP) is 6.40. The Morgan fingerprint density at radius 1 is 1.16 bits per heavy atom. The quantitative estimate of drug-likeness (QED) is 0.275. The van der Waals surface area contributed by atoms with Crippen molar-refractivity contribution in [3.8, 4) is 5.75 Å². The van der Waals surface area contributed by atoms with Gasteiger partial charge >= 0.3 is 0 Å². The van der Waals surface area contributed by atoms with Gasteiger partial charge in [0.05, 0.1) is 30.2 Å². The highest BCUT2D eigenvalue weighted by molar-refractivity contribution is 9.10. The smallest absolute Gasteiger partial charge is 0.233 e. The van der Waals surface area contributed by atoms with Crippen LogP contribution in [-0.2, 0) is 14.3 Å². The van der Waals surface area contributed by atoms with Gasteiger partial charge < -0.3 is 9.84 Å². The van der Waals surface area contributed by atoms with E-state index in [1.54, 1.807) is 12.3 Å². The average Bonchev–Trinajstić information content (AvgIpc) is 3.44. The van der Waals surface area contributed by atoms with Crippen LogP contribution in [0.5, 0.6) is 5.75 Å². The molecule has 3 heterocycles. The van der Waals surface area contributed by atoms with E-state index in [4.69, 9.17) is 4.74 Å². The third-order valence-corrected chi connectivity index (χ3v) is 8.58. The highest BCUT2D eigenvalue weighted by atomic mass is 79.9. The summed E-state index contributed by atoms with van der Waals surface area (Å²) >= 11 is 3.50. The van der Waals surface area contributed by atoms with Crippen LogP contribution in [0.1, 0.15) is 63.6 Å². The number of amides is 2. The lowest BCUT2D eigenvalue weighted by atomic mass is 9.68. The number of rotatable bonds is 9. The SMILES string of the molecule is CCCC1=C2[C@@H](CC/C(=C/c3cc(Br)ccc3O)c3ccccn3)OC[C@@H]2[C@@H]2C(=O)N(CCC)C(=O)[C@@H]2C1. The first kappa shape index (κ1) is 26.8. The number of ether oxygens (including phenoxy) is 1. The van der Waals surface area contributed by atoms with Crippen LogP contribution in [0.3, 0.4) is 0 Å². The van der Waals surface area contributed by atoms with Gasteiger partial charge in [-0.1, -0.05) is 47.8 Å². The maximum atomic E-state index is 13.3. The van der Waals surface area contributed by atoms with Gasteiger partial charge in [0, 0.05) is 28.7 Å². The minimum atomic E-state index is -0.293. The van der Waals surface area contributed by atoms with Crippen molar-refractivity contribution in [1.29, 1.82) is 0 Å². The average molecular weight is 580 g/mol. The van der Waals surface area contributed by atoms with Crippen LogP contribution >= 0.6 is 15.9 Å². The van der Waals surface area contributed by atoms with Crippen molar-refractivity contribution in [2.75, 3.05) is 13.2 Å². The van der Waals surface area contributed by atoms with Gasteiger partial charge in [-0.15, -0.1) is 0 Å². The molecule has 200 valence electrons. The molecule has 1 aromatic heterocycles. The maximum Gasteiger partial charge on any atom is 0.233 e. The second kappa shape index (κ2) is 11.5. The van der Waals surface area contributed by atoms with Crippen LogP contribution in [0, 0.1) is 17.8 Å². The predicted molar refractivity (Wildman–Crippen MR) is 151 cm³/mol. The van der Waals surface area contributed by atoms with E-state index in [0.29, 0.717) is 26.0 Å². The van der Waals surface area contributed by atoms with Crippen molar-refractivity contribution in [2.45, 2.75) is 58.5 Å². The first-order valence-corrected chi connectivity index (χ1v) is 14.5. The van der Waals surface area contributed by atoms with Crippen molar-refractivity contribution in [1.82, 2.24) is 9.88 Å². The molecule has 4 atom stereocenters. The second-order valence-electron chi connectivity index (χ2n) is 10.5. The molecule has 2 amide bonds. The van der Waals surface area contributed by atoms with Gasteiger partial charge in [0.2, 0.25) is 11.8 Å². The molecule has 1 aromatic carbocycles. The number of likely N-dealkylation sites (tertiary alicyclic amines) is 1. The fourth-order valence-corrected chi connectivity index (χ4v) is 6.84. The van der Waals surface area contributed by atoms with Crippen molar-refractivity contribution in [3.63, 3.8) is 0 Å². The number of halogens is 1. The molecule has 6 nitrogen and oxygen atoms in total. The van der Waals surface area contributed by atoms with E-state index in [1.807, 2.05) is 43.3 Å². The van der Waals surface area contributed by atoms with Crippen LogP contribution in [-0.4, -0.2) is 46.1 Å². The molecule has 2 aromatic rings. The highest BCUT2D eigenvalue weighted by Gasteiger charge is 2.56. The summed E-state index contributed by atoms with van der Waals surface area (Å²) < 4.78 is 7.29. The van der Waals surface area contributed by atoms with Crippen LogP contribution in [0.25, 0.3) is 11.6 Å². The molecule has 38 heavy (non-hydrogen) atoms. The van der Waals surface area contributed by atoms with Crippen LogP contribution < -0.4 is 0 Å². The lowest BCUT2D eigenvalue weighted by Gasteiger charge is -2.32. The Labute approximate surface area is 232 Å². The molecule has 2 aliphatic heterocycles. The Balaban J connectivity index is 1.43. The second-order valence-corrected chi connectivity index (χ2v) is 11.4. The third kappa shape index (κ3) is 5.10. The van der Waals surface area contributed by atoms with Crippen LogP contribution in [0.2, 0.25) is 0 Å². The fourth-order valence-electron chi connectivity index (χ4n) is 6.46. The maximum absolute atomic E-state index is 13.3. The summed E-state index contributed by atoms with van der Waals surface area (Å²) in [6, 6.07) is 11.2. The molecule has 1 N–H and O–H groups in total. The summed E-state index contributed by atoms with van der Waals surface area (Å²) in [7, 11) is 0. The van der Waals surface area contributed by atoms with E-state index in [1.165, 1.54) is 16.0 Å². The Kier molecular flexibility index (Phi) is 8.15. The largest absolute Gasteiger partial charge is 0.507 e. The number of nitrogens with zero attached hydrogens (tertiary/aromatic N) is 2. The van der Waals surface area contributed by atoms with Gasteiger partial charge in [0.1, 0.15) is 5.75 Å². The number of pyridine rings is 1. The molecule has 3 aliphatic rings. The number of aromatic hydroxyl groups is 1. The molecule has 2 fully saturated rings. The summed E-state index contributed by atoms with van der Waals surface area (Å²) in [4.78, 5) is 32.6. The summed E-state index contributed by atoms with van der Waals surface area (Å²) in [5.74, 6) is -0.342. The summed E-state index contributed by atoms with van der Waals surface area (Å²) in [6.45, 7) is 5.16. The zero-order chi connectivity index (χ0) is 26.8. The molecule has 5 rings (SSSR count). The zero-order valence-corrected chi connectivity index (χ0v) is 23.6. The summed E-state index contributed by atoms with van der Waals surface area (Å²) in [5.41, 5.74) is 5.17. The van der Waals surface area contributed by atoms with Gasteiger partial charge in [-0.05, 0) is 79.7 Å². The Morgan fingerprint density at radius 2 is 2.00 bits per heavy atom. The Hall–Kier alpha value is -2.77. The Bertz CT molecular complexity index is 1270. The first-order chi connectivity index (χ1) is 18.4. The van der Waals surface area contributed by atoms with Crippen LogP contribution in [0.15, 0.2) is 58.2 Å². The summed E-state index contributed by atoms with van der Waals surface area (Å²) in [6.07, 6.45) is 8.50. The number of imide groups is 1. The van der Waals surface area contributed by atoms with Gasteiger partial charge in [-0.25, -0.2) is 0 Å². The monoisotopic (exact) mass is 578 g/mol. The number of benzene rings is 1. The normalized spacial score (nSPS) is 25.2. The van der Waals surface area contributed by atoms with Crippen molar-refractivity contribution >= 4 is 39.4 Å². The molecule has 1 aliphatic carbocycles. The standard InChI is InChI=1S/C31H35BrN2O4/c1-3-7-20-17-23-29(31(37)34(14-4-2)30(23)36)24-18-38-27(28(20)24)12-9-19(25-8-5-6-13-33-25)15-21-16-22(32)10-11-26(21)35/h5-6,8,10-11,13,15-16,23-24,27,29,35H,3-4,7,9,12,14,17-18H2,1-2H3/b19-15-/t23-,24+,27-,29-/m1/s1. The van der Waals surface area contributed by atoms with E-state index >= 15 is 0 Å². The molecule has 0 unspecified atom stereocenters. The first-order valence-electron chi connectivity index (χ1n) is 13.7. The summed E-state index contributed by atoms with van der Waals surface area (Å²) in [5, 5.41) is 10.5. The molecule has 2 saturated heterocycles. The van der Waals surface area contributed by atoms with Crippen LogP contribution in [0.4, 0.5) is 0 Å². The van der Waals surface area contributed by atoms with E-state index in [2.05, 4.69) is 27.8 Å². The zero-order valence-electron chi connectivity index (χ0n) is 22.0. The number of fused-ring (bicyclic) bond motifs is 3. The number of hydrogen-bond donors (Lipinski definition) is 1. The molecule has 0 radical (unpaired) electrons.